The van der Waals surface area contributed by atoms with Gasteiger partial charge in [0.15, 0.2) is 0 Å². The molecule has 2 unspecified atom stereocenters. The molecular formula is C15H24N2. The van der Waals surface area contributed by atoms with Gasteiger partial charge in [0, 0.05) is 12.6 Å². The quantitative estimate of drug-likeness (QED) is 0.844. The highest BCUT2D eigenvalue weighted by Gasteiger charge is 2.26. The molecule has 0 saturated carbocycles. The molecule has 2 N–H and O–H groups in total. The third kappa shape index (κ3) is 3.30. The minimum Gasteiger partial charge on any atom is -0.330 e. The van der Waals surface area contributed by atoms with Crippen LogP contribution in [0.3, 0.4) is 0 Å². The van der Waals surface area contributed by atoms with Gasteiger partial charge in [0.25, 0.3) is 0 Å². The van der Waals surface area contributed by atoms with Crippen molar-refractivity contribution in [1.29, 1.82) is 0 Å². The molecule has 2 heteroatoms. The number of benzene rings is 1. The molecule has 2 atom stereocenters. The van der Waals surface area contributed by atoms with E-state index < -0.39 is 0 Å². The normalized spacial score (nSPS) is 22.8. The fourth-order valence-corrected chi connectivity index (χ4v) is 2.80. The van der Waals surface area contributed by atoms with Crippen LogP contribution in [0.25, 0.3) is 0 Å². The third-order valence-electron chi connectivity index (χ3n) is 3.95. The Morgan fingerprint density at radius 2 is 2.12 bits per heavy atom. The van der Waals surface area contributed by atoms with Crippen LogP contribution in [0, 0.1) is 5.92 Å². The summed E-state index contributed by atoms with van der Waals surface area (Å²) in [7, 11) is 0. The van der Waals surface area contributed by atoms with Crippen LogP contribution in [-0.4, -0.2) is 30.6 Å². The summed E-state index contributed by atoms with van der Waals surface area (Å²) < 4.78 is 0. The molecule has 1 aliphatic heterocycles. The molecule has 0 spiro atoms. The zero-order chi connectivity index (χ0) is 12.1. The Labute approximate surface area is 105 Å². The van der Waals surface area contributed by atoms with Gasteiger partial charge in [-0.2, -0.15) is 0 Å². The Hall–Kier alpha value is -0.860. The third-order valence-corrected chi connectivity index (χ3v) is 3.95. The molecule has 1 heterocycles. The molecule has 0 amide bonds. The molecule has 1 aliphatic rings. The fourth-order valence-electron chi connectivity index (χ4n) is 2.80. The second-order valence-corrected chi connectivity index (χ2v) is 5.14. The Kier molecular flexibility index (Phi) is 4.57. The molecule has 0 aromatic heterocycles. The van der Waals surface area contributed by atoms with E-state index in [2.05, 4.69) is 42.2 Å². The maximum atomic E-state index is 5.76. The van der Waals surface area contributed by atoms with Crippen LogP contribution in [0.5, 0.6) is 0 Å². The minimum absolute atomic E-state index is 0.689. The Morgan fingerprint density at radius 3 is 2.71 bits per heavy atom. The SMILES string of the molecule is CCC(Cc1ccccc1)N1CCC(CN)C1. The summed E-state index contributed by atoms with van der Waals surface area (Å²) in [5, 5.41) is 0. The zero-order valence-electron chi connectivity index (χ0n) is 10.8. The minimum atomic E-state index is 0.689. The number of rotatable bonds is 5. The van der Waals surface area contributed by atoms with Crippen LogP contribution < -0.4 is 5.73 Å². The molecule has 1 saturated heterocycles. The highest BCUT2D eigenvalue weighted by molar-refractivity contribution is 5.16. The van der Waals surface area contributed by atoms with Gasteiger partial charge in [-0.3, -0.25) is 4.90 Å². The first kappa shape index (κ1) is 12.6. The summed E-state index contributed by atoms with van der Waals surface area (Å²) in [6, 6.07) is 11.5. The van der Waals surface area contributed by atoms with E-state index in [1.807, 2.05) is 0 Å². The van der Waals surface area contributed by atoms with Crippen molar-refractivity contribution in [2.45, 2.75) is 32.2 Å². The van der Waals surface area contributed by atoms with Crippen molar-refractivity contribution in [3.63, 3.8) is 0 Å². The van der Waals surface area contributed by atoms with Gasteiger partial charge in [-0.25, -0.2) is 0 Å². The van der Waals surface area contributed by atoms with E-state index in [9.17, 15) is 0 Å². The average molecular weight is 232 g/mol. The first-order chi connectivity index (χ1) is 8.33. The van der Waals surface area contributed by atoms with Crippen molar-refractivity contribution < 1.29 is 0 Å². The summed E-state index contributed by atoms with van der Waals surface area (Å²) in [6.45, 7) is 5.57. The van der Waals surface area contributed by atoms with E-state index in [1.54, 1.807) is 0 Å². The van der Waals surface area contributed by atoms with Crippen molar-refractivity contribution in [3.05, 3.63) is 35.9 Å². The van der Waals surface area contributed by atoms with Gasteiger partial charge >= 0.3 is 0 Å². The van der Waals surface area contributed by atoms with Crippen LogP contribution >= 0.6 is 0 Å². The molecule has 94 valence electrons. The first-order valence-corrected chi connectivity index (χ1v) is 6.81. The largest absolute Gasteiger partial charge is 0.330 e. The number of hydrogen-bond acceptors (Lipinski definition) is 2. The van der Waals surface area contributed by atoms with Gasteiger partial charge in [0.05, 0.1) is 0 Å². The number of nitrogens with zero attached hydrogens (tertiary/aromatic N) is 1. The van der Waals surface area contributed by atoms with Crippen molar-refractivity contribution in [2.24, 2.45) is 11.7 Å². The van der Waals surface area contributed by atoms with Crippen LogP contribution in [-0.2, 0) is 6.42 Å². The van der Waals surface area contributed by atoms with Crippen molar-refractivity contribution >= 4 is 0 Å². The van der Waals surface area contributed by atoms with Crippen LogP contribution in [0.4, 0.5) is 0 Å². The van der Waals surface area contributed by atoms with Crippen molar-refractivity contribution in [3.8, 4) is 0 Å². The Morgan fingerprint density at radius 1 is 1.35 bits per heavy atom. The lowest BCUT2D eigenvalue weighted by atomic mass is 10.0. The maximum absolute atomic E-state index is 5.76. The standard InChI is InChI=1S/C15H24N2/c1-2-15(10-13-6-4-3-5-7-13)17-9-8-14(11-16)12-17/h3-7,14-15H,2,8-12,16H2,1H3. The Balaban J connectivity index is 1.93. The Bertz CT molecular complexity index is 323. The topological polar surface area (TPSA) is 29.3 Å². The maximum Gasteiger partial charge on any atom is 0.0133 e. The molecule has 1 aromatic carbocycles. The first-order valence-electron chi connectivity index (χ1n) is 6.81. The predicted molar refractivity (Wildman–Crippen MR) is 73.0 cm³/mol. The van der Waals surface area contributed by atoms with Gasteiger partial charge in [-0.05, 0) is 43.8 Å². The van der Waals surface area contributed by atoms with E-state index in [0.29, 0.717) is 6.04 Å². The molecule has 0 aliphatic carbocycles. The van der Waals surface area contributed by atoms with Crippen molar-refractivity contribution in [1.82, 2.24) is 4.90 Å². The molecule has 0 radical (unpaired) electrons. The lowest BCUT2D eigenvalue weighted by Gasteiger charge is -2.27. The summed E-state index contributed by atoms with van der Waals surface area (Å²) in [6.07, 6.45) is 3.68. The zero-order valence-corrected chi connectivity index (χ0v) is 10.8. The van der Waals surface area contributed by atoms with E-state index in [0.717, 1.165) is 12.5 Å². The molecule has 2 nitrogen and oxygen atoms in total. The van der Waals surface area contributed by atoms with Gasteiger partial charge in [0.1, 0.15) is 0 Å². The molecule has 0 bridgehead atoms. The smallest absolute Gasteiger partial charge is 0.0133 e. The van der Waals surface area contributed by atoms with Gasteiger partial charge in [0.2, 0.25) is 0 Å². The van der Waals surface area contributed by atoms with Crippen LogP contribution in [0.15, 0.2) is 30.3 Å². The second-order valence-electron chi connectivity index (χ2n) is 5.14. The average Bonchev–Trinajstić information content (AvgIpc) is 2.86. The highest BCUT2D eigenvalue weighted by Crippen LogP contribution is 2.21. The molecule has 2 rings (SSSR count). The summed E-state index contributed by atoms with van der Waals surface area (Å²) >= 11 is 0. The van der Waals surface area contributed by atoms with Crippen LogP contribution in [0.1, 0.15) is 25.3 Å². The molecule has 17 heavy (non-hydrogen) atoms. The van der Waals surface area contributed by atoms with E-state index in [1.165, 1.54) is 37.9 Å². The molecular weight excluding hydrogens is 208 g/mol. The second kappa shape index (κ2) is 6.18. The number of nitrogens with two attached hydrogens (primary N) is 1. The predicted octanol–water partition coefficient (Wildman–Crippen LogP) is 2.29. The fraction of sp³-hybridized carbons (Fsp3) is 0.600. The van der Waals surface area contributed by atoms with E-state index in [4.69, 9.17) is 5.73 Å². The number of likely N-dealkylation sites (tertiary alicyclic amines) is 1. The van der Waals surface area contributed by atoms with Crippen molar-refractivity contribution in [2.75, 3.05) is 19.6 Å². The van der Waals surface area contributed by atoms with E-state index >= 15 is 0 Å². The van der Waals surface area contributed by atoms with Gasteiger partial charge < -0.3 is 5.73 Å². The lowest BCUT2D eigenvalue weighted by molar-refractivity contribution is 0.227. The monoisotopic (exact) mass is 232 g/mol. The van der Waals surface area contributed by atoms with Gasteiger partial charge in [-0.1, -0.05) is 37.3 Å². The molecule has 1 aromatic rings. The summed E-state index contributed by atoms with van der Waals surface area (Å²) in [4.78, 5) is 2.63. The van der Waals surface area contributed by atoms with Gasteiger partial charge in [-0.15, -0.1) is 0 Å². The number of hydrogen-bond donors (Lipinski definition) is 1. The van der Waals surface area contributed by atoms with E-state index in [-0.39, 0.29) is 0 Å². The summed E-state index contributed by atoms with van der Waals surface area (Å²) in [5.41, 5.74) is 7.22. The lowest BCUT2D eigenvalue weighted by Crippen LogP contribution is -2.35. The summed E-state index contributed by atoms with van der Waals surface area (Å²) in [5.74, 6) is 0.722. The van der Waals surface area contributed by atoms with Crippen LogP contribution in [0.2, 0.25) is 0 Å². The molecule has 1 fully saturated rings. The highest BCUT2D eigenvalue weighted by atomic mass is 15.2.